The van der Waals surface area contributed by atoms with Gasteiger partial charge in [0.2, 0.25) is 0 Å². The second kappa shape index (κ2) is 8.24. The van der Waals surface area contributed by atoms with Gasteiger partial charge in [-0.1, -0.05) is 29.8 Å². The van der Waals surface area contributed by atoms with Crippen molar-refractivity contribution in [2.24, 2.45) is 0 Å². The molecule has 0 bridgehead atoms. The number of aromatic nitrogens is 1. The van der Waals surface area contributed by atoms with Crippen molar-refractivity contribution in [2.75, 3.05) is 13.1 Å². The molecule has 0 atom stereocenters. The molecule has 126 valence electrons. The van der Waals surface area contributed by atoms with Gasteiger partial charge in [0, 0.05) is 31.4 Å². The lowest BCUT2D eigenvalue weighted by Crippen LogP contribution is -2.31. The number of carbonyl (C=O) groups excluding carboxylic acids is 2. The van der Waals surface area contributed by atoms with Crippen LogP contribution in [0, 0.1) is 6.92 Å². The van der Waals surface area contributed by atoms with Gasteiger partial charge >= 0.3 is 0 Å². The lowest BCUT2D eigenvalue weighted by molar-refractivity contribution is 0.0773. The molecule has 24 heavy (non-hydrogen) atoms. The van der Waals surface area contributed by atoms with Crippen molar-refractivity contribution in [3.05, 3.63) is 65.0 Å². The molecule has 0 unspecified atom stereocenters. The van der Waals surface area contributed by atoms with Gasteiger partial charge in [0.05, 0.1) is 0 Å². The third-order valence-electron chi connectivity index (χ3n) is 3.83. The molecule has 2 amide bonds. The average Bonchev–Trinajstić information content (AvgIpc) is 2.61. The molecule has 1 aromatic carbocycles. The van der Waals surface area contributed by atoms with Crippen molar-refractivity contribution in [3.63, 3.8) is 0 Å². The summed E-state index contributed by atoms with van der Waals surface area (Å²) in [4.78, 5) is 30.4. The van der Waals surface area contributed by atoms with Crippen molar-refractivity contribution in [1.82, 2.24) is 15.2 Å². The van der Waals surface area contributed by atoms with Crippen LogP contribution < -0.4 is 5.32 Å². The van der Waals surface area contributed by atoms with E-state index in [0.29, 0.717) is 25.2 Å². The second-order valence-corrected chi connectivity index (χ2v) is 5.58. The zero-order chi connectivity index (χ0) is 17.5. The minimum Gasteiger partial charge on any atom is -0.347 e. The molecule has 0 saturated heterocycles. The van der Waals surface area contributed by atoms with Gasteiger partial charge in [-0.05, 0) is 38.5 Å². The molecule has 1 N–H and O–H groups in total. The van der Waals surface area contributed by atoms with Crippen LogP contribution >= 0.6 is 0 Å². The maximum Gasteiger partial charge on any atom is 0.270 e. The molecule has 0 spiro atoms. The lowest BCUT2D eigenvalue weighted by Gasteiger charge is -2.18. The van der Waals surface area contributed by atoms with Crippen LogP contribution in [0.25, 0.3) is 0 Å². The predicted octanol–water partition coefficient (Wildman–Crippen LogP) is 2.80. The van der Waals surface area contributed by atoms with Gasteiger partial charge in [0.25, 0.3) is 11.8 Å². The second-order valence-electron chi connectivity index (χ2n) is 5.58. The Balaban J connectivity index is 2.07. The van der Waals surface area contributed by atoms with Crippen LogP contribution in [0.4, 0.5) is 0 Å². The summed E-state index contributed by atoms with van der Waals surface area (Å²) < 4.78 is 0. The van der Waals surface area contributed by atoms with Crippen LogP contribution in [0.1, 0.15) is 45.8 Å². The maximum absolute atomic E-state index is 12.4. The van der Waals surface area contributed by atoms with Gasteiger partial charge in [-0.3, -0.25) is 14.6 Å². The van der Waals surface area contributed by atoms with Crippen molar-refractivity contribution < 1.29 is 9.59 Å². The molecule has 0 aliphatic heterocycles. The predicted molar refractivity (Wildman–Crippen MR) is 93.8 cm³/mol. The van der Waals surface area contributed by atoms with E-state index in [9.17, 15) is 9.59 Å². The van der Waals surface area contributed by atoms with E-state index >= 15 is 0 Å². The molecule has 0 saturated carbocycles. The number of pyridine rings is 1. The Morgan fingerprint density at radius 3 is 2.54 bits per heavy atom. The molecule has 1 heterocycles. The molecular formula is C19H23N3O2. The molecule has 5 heteroatoms. The van der Waals surface area contributed by atoms with Crippen molar-refractivity contribution in [3.8, 4) is 0 Å². The number of carbonyl (C=O) groups is 2. The quantitative estimate of drug-likeness (QED) is 0.888. The van der Waals surface area contributed by atoms with E-state index in [-0.39, 0.29) is 17.5 Å². The third kappa shape index (κ3) is 4.41. The Morgan fingerprint density at radius 1 is 1.12 bits per heavy atom. The molecule has 2 rings (SSSR count). The van der Waals surface area contributed by atoms with Crippen LogP contribution in [-0.2, 0) is 6.54 Å². The van der Waals surface area contributed by atoms with Crippen LogP contribution in [0.5, 0.6) is 0 Å². The Kier molecular flexibility index (Phi) is 6.07. The molecule has 0 fully saturated rings. The zero-order valence-corrected chi connectivity index (χ0v) is 14.4. The van der Waals surface area contributed by atoms with E-state index in [2.05, 4.69) is 10.3 Å². The van der Waals surface area contributed by atoms with Gasteiger partial charge in [-0.25, -0.2) is 0 Å². The fraction of sp³-hybridized carbons (Fsp3) is 0.316. The minimum absolute atomic E-state index is 0.0878. The summed E-state index contributed by atoms with van der Waals surface area (Å²) >= 11 is 0. The normalized spacial score (nSPS) is 10.3. The largest absolute Gasteiger partial charge is 0.347 e. The minimum atomic E-state index is -0.286. The lowest BCUT2D eigenvalue weighted by atomic mass is 10.1. The number of hydrogen-bond acceptors (Lipinski definition) is 3. The van der Waals surface area contributed by atoms with Crippen molar-refractivity contribution >= 4 is 11.8 Å². The van der Waals surface area contributed by atoms with E-state index in [0.717, 1.165) is 11.1 Å². The van der Waals surface area contributed by atoms with E-state index in [1.54, 1.807) is 17.0 Å². The summed E-state index contributed by atoms with van der Waals surface area (Å²) in [6.07, 6.45) is 1.50. The first-order chi connectivity index (χ1) is 11.5. The SMILES string of the molecule is CCN(CC)C(=O)c1ccnc(C(=O)NCc2cccc(C)c2)c1. The smallest absolute Gasteiger partial charge is 0.270 e. The fourth-order valence-electron chi connectivity index (χ4n) is 2.48. The first kappa shape index (κ1) is 17.7. The summed E-state index contributed by atoms with van der Waals surface area (Å²) in [5.41, 5.74) is 2.90. The van der Waals surface area contributed by atoms with Gasteiger partial charge in [-0.2, -0.15) is 0 Å². The summed E-state index contributed by atoms with van der Waals surface area (Å²) in [5, 5.41) is 2.84. The number of nitrogens with zero attached hydrogens (tertiary/aromatic N) is 2. The number of hydrogen-bond donors (Lipinski definition) is 1. The topological polar surface area (TPSA) is 62.3 Å². The fourth-order valence-corrected chi connectivity index (χ4v) is 2.48. The number of rotatable bonds is 6. The van der Waals surface area contributed by atoms with Crippen LogP contribution in [-0.4, -0.2) is 34.8 Å². The number of aryl methyl sites for hydroxylation is 1. The standard InChI is InChI=1S/C19H23N3O2/c1-4-22(5-2)19(24)16-9-10-20-17(12-16)18(23)21-13-15-8-6-7-14(3)11-15/h6-12H,4-5,13H2,1-3H3,(H,21,23). The van der Waals surface area contributed by atoms with Crippen molar-refractivity contribution in [2.45, 2.75) is 27.3 Å². The van der Waals surface area contributed by atoms with Crippen molar-refractivity contribution in [1.29, 1.82) is 0 Å². The molecular weight excluding hydrogens is 302 g/mol. The Bertz CT molecular complexity index is 724. The molecule has 2 aromatic rings. The van der Waals surface area contributed by atoms with Gasteiger partial charge in [0.1, 0.15) is 5.69 Å². The summed E-state index contributed by atoms with van der Waals surface area (Å²) in [7, 11) is 0. The number of nitrogens with one attached hydrogen (secondary N) is 1. The highest BCUT2D eigenvalue weighted by Crippen LogP contribution is 2.08. The molecule has 0 aliphatic rings. The van der Waals surface area contributed by atoms with Crippen LogP contribution in [0.3, 0.4) is 0 Å². The third-order valence-corrected chi connectivity index (χ3v) is 3.83. The average molecular weight is 325 g/mol. The Hall–Kier alpha value is -2.69. The highest BCUT2D eigenvalue weighted by Gasteiger charge is 2.15. The summed E-state index contributed by atoms with van der Waals surface area (Å²) in [6, 6.07) is 11.1. The summed E-state index contributed by atoms with van der Waals surface area (Å²) in [5.74, 6) is -0.374. The number of benzene rings is 1. The summed E-state index contributed by atoms with van der Waals surface area (Å²) in [6.45, 7) is 7.56. The van der Waals surface area contributed by atoms with Crippen LogP contribution in [0.2, 0.25) is 0 Å². The van der Waals surface area contributed by atoms with Gasteiger partial charge < -0.3 is 10.2 Å². The van der Waals surface area contributed by atoms with E-state index in [4.69, 9.17) is 0 Å². The van der Waals surface area contributed by atoms with E-state index in [1.807, 2.05) is 45.0 Å². The highest BCUT2D eigenvalue weighted by atomic mass is 16.2. The monoisotopic (exact) mass is 325 g/mol. The van der Waals surface area contributed by atoms with E-state index in [1.165, 1.54) is 6.20 Å². The maximum atomic E-state index is 12.4. The molecule has 1 aromatic heterocycles. The Morgan fingerprint density at radius 2 is 1.88 bits per heavy atom. The van der Waals surface area contributed by atoms with Gasteiger partial charge in [-0.15, -0.1) is 0 Å². The Labute approximate surface area is 142 Å². The molecule has 0 radical (unpaired) electrons. The first-order valence-corrected chi connectivity index (χ1v) is 8.14. The van der Waals surface area contributed by atoms with Gasteiger partial charge in [0.15, 0.2) is 0 Å². The first-order valence-electron chi connectivity index (χ1n) is 8.14. The zero-order valence-electron chi connectivity index (χ0n) is 14.4. The highest BCUT2D eigenvalue weighted by molar-refractivity contribution is 5.98. The van der Waals surface area contributed by atoms with Crippen LogP contribution in [0.15, 0.2) is 42.6 Å². The molecule has 0 aliphatic carbocycles. The molecule has 5 nitrogen and oxygen atoms in total. The van der Waals surface area contributed by atoms with E-state index < -0.39 is 0 Å². The number of amides is 2.